The largest absolute Gasteiger partial charge is 0.489 e. The topological polar surface area (TPSA) is 91.1 Å². The molecule has 3 N–H and O–H groups in total. The summed E-state index contributed by atoms with van der Waals surface area (Å²) in [5, 5.41) is 12.2. The van der Waals surface area contributed by atoms with Crippen molar-refractivity contribution in [2.24, 2.45) is 0 Å². The van der Waals surface area contributed by atoms with Gasteiger partial charge in [0.1, 0.15) is 18.1 Å². The Morgan fingerprint density at radius 1 is 0.972 bits per heavy atom. The van der Waals surface area contributed by atoms with Crippen LogP contribution in [0.1, 0.15) is 12.0 Å². The van der Waals surface area contributed by atoms with Crippen molar-refractivity contribution < 1.29 is 9.47 Å². The molecular formula is C28H30N6O2. The van der Waals surface area contributed by atoms with E-state index in [1.54, 1.807) is 0 Å². The number of fused-ring (bicyclic) bond motifs is 2. The van der Waals surface area contributed by atoms with Crippen LogP contribution in [0.25, 0.3) is 33.5 Å². The zero-order valence-corrected chi connectivity index (χ0v) is 20.2. The molecule has 1 aliphatic rings. The number of hydrogen-bond acceptors (Lipinski definition) is 6. The molecule has 0 atom stereocenters. The number of morpholine rings is 1. The first-order valence-corrected chi connectivity index (χ1v) is 12.5. The van der Waals surface area contributed by atoms with E-state index >= 15 is 0 Å². The fourth-order valence-electron chi connectivity index (χ4n) is 4.60. The van der Waals surface area contributed by atoms with E-state index in [-0.39, 0.29) is 0 Å². The summed E-state index contributed by atoms with van der Waals surface area (Å²) in [4.78, 5) is 10.7. The van der Waals surface area contributed by atoms with Crippen molar-refractivity contribution in [2.75, 3.05) is 44.7 Å². The Balaban J connectivity index is 1.14. The molecule has 3 heterocycles. The molecule has 0 radical (unpaired) electrons. The Bertz CT molecular complexity index is 1440. The maximum absolute atomic E-state index is 6.03. The first-order chi connectivity index (χ1) is 17.8. The first kappa shape index (κ1) is 22.6. The van der Waals surface area contributed by atoms with E-state index in [0.29, 0.717) is 6.61 Å². The first-order valence-electron chi connectivity index (χ1n) is 12.5. The highest BCUT2D eigenvalue weighted by molar-refractivity contribution is 5.94. The molecule has 0 bridgehead atoms. The molecule has 1 saturated heterocycles. The molecule has 36 heavy (non-hydrogen) atoms. The number of hydrogen-bond donors (Lipinski definition) is 3. The van der Waals surface area contributed by atoms with E-state index in [2.05, 4.69) is 49.7 Å². The number of H-pyrrole nitrogens is 2. The monoisotopic (exact) mass is 482 g/mol. The average molecular weight is 483 g/mol. The van der Waals surface area contributed by atoms with Gasteiger partial charge in [-0.05, 0) is 54.9 Å². The predicted molar refractivity (Wildman–Crippen MR) is 142 cm³/mol. The molecular weight excluding hydrogens is 452 g/mol. The number of imidazole rings is 1. The van der Waals surface area contributed by atoms with Gasteiger partial charge in [0.05, 0.1) is 29.8 Å². The summed E-state index contributed by atoms with van der Waals surface area (Å²) in [6.07, 6.45) is 1.10. The minimum atomic E-state index is 0.520. The number of anilines is 1. The Kier molecular flexibility index (Phi) is 6.52. The number of aromatic amines is 2. The second-order valence-electron chi connectivity index (χ2n) is 9.11. The lowest BCUT2D eigenvalue weighted by Gasteiger charge is -2.26. The van der Waals surface area contributed by atoms with Crippen molar-refractivity contribution in [2.45, 2.75) is 13.0 Å². The molecule has 0 spiro atoms. The van der Waals surface area contributed by atoms with E-state index in [0.717, 1.165) is 96.3 Å². The van der Waals surface area contributed by atoms with E-state index < -0.39 is 0 Å². The van der Waals surface area contributed by atoms with Crippen LogP contribution in [0.3, 0.4) is 0 Å². The Morgan fingerprint density at radius 3 is 2.75 bits per heavy atom. The third-order valence-electron chi connectivity index (χ3n) is 6.57. The molecule has 8 heteroatoms. The van der Waals surface area contributed by atoms with Crippen LogP contribution in [-0.2, 0) is 11.3 Å². The van der Waals surface area contributed by atoms with Crippen molar-refractivity contribution in [1.29, 1.82) is 0 Å². The summed E-state index contributed by atoms with van der Waals surface area (Å²) in [5.74, 6) is 1.54. The molecule has 0 saturated carbocycles. The molecule has 0 amide bonds. The van der Waals surface area contributed by atoms with E-state index in [1.807, 2.05) is 42.5 Å². The van der Waals surface area contributed by atoms with Crippen molar-refractivity contribution >= 4 is 27.6 Å². The van der Waals surface area contributed by atoms with E-state index in [9.17, 15) is 0 Å². The molecule has 3 aromatic carbocycles. The van der Waals surface area contributed by atoms with Gasteiger partial charge in [-0.25, -0.2) is 4.98 Å². The van der Waals surface area contributed by atoms with Gasteiger partial charge in [0.25, 0.3) is 0 Å². The third kappa shape index (κ3) is 5.05. The molecule has 0 unspecified atom stereocenters. The molecule has 184 valence electrons. The molecule has 6 rings (SSSR count). The van der Waals surface area contributed by atoms with Gasteiger partial charge in [0.15, 0.2) is 5.82 Å². The highest BCUT2D eigenvalue weighted by atomic mass is 16.5. The Morgan fingerprint density at radius 2 is 1.86 bits per heavy atom. The fraction of sp³-hybridized carbons (Fsp3) is 0.286. The number of aromatic nitrogens is 4. The fourth-order valence-corrected chi connectivity index (χ4v) is 4.60. The smallest absolute Gasteiger partial charge is 0.159 e. The Hall–Kier alpha value is -3.88. The zero-order chi connectivity index (χ0) is 24.2. The van der Waals surface area contributed by atoms with Crippen LogP contribution in [0.4, 0.5) is 5.69 Å². The highest BCUT2D eigenvalue weighted by Gasteiger charge is 2.14. The van der Waals surface area contributed by atoms with Crippen LogP contribution in [0, 0.1) is 0 Å². The highest BCUT2D eigenvalue weighted by Crippen LogP contribution is 2.30. The minimum Gasteiger partial charge on any atom is -0.489 e. The Labute approximate surface area is 209 Å². The number of rotatable bonds is 9. The lowest BCUT2D eigenvalue weighted by molar-refractivity contribution is 0.0378. The SMILES string of the molecule is c1ccc(COc2ccc3[nH]nc(-c4nc5ccc(NCCCN6CCOCC6)cc5[nH]4)c3c2)cc1. The second kappa shape index (κ2) is 10.4. The number of ether oxygens (including phenoxy) is 2. The van der Waals surface area contributed by atoms with Crippen molar-refractivity contribution in [3.63, 3.8) is 0 Å². The summed E-state index contributed by atoms with van der Waals surface area (Å²) in [7, 11) is 0. The van der Waals surface area contributed by atoms with Gasteiger partial charge in [0, 0.05) is 30.7 Å². The predicted octanol–water partition coefficient (Wildman–Crippen LogP) is 4.82. The van der Waals surface area contributed by atoms with Crippen LogP contribution in [0.15, 0.2) is 66.7 Å². The molecule has 8 nitrogen and oxygen atoms in total. The molecule has 1 aliphatic heterocycles. The van der Waals surface area contributed by atoms with Gasteiger partial charge >= 0.3 is 0 Å². The number of nitrogens with zero attached hydrogens (tertiary/aromatic N) is 3. The maximum Gasteiger partial charge on any atom is 0.159 e. The molecule has 0 aliphatic carbocycles. The minimum absolute atomic E-state index is 0.520. The lowest BCUT2D eigenvalue weighted by atomic mass is 10.2. The van der Waals surface area contributed by atoms with Gasteiger partial charge in [-0.2, -0.15) is 5.10 Å². The van der Waals surface area contributed by atoms with Crippen LogP contribution < -0.4 is 10.1 Å². The van der Waals surface area contributed by atoms with Crippen LogP contribution in [-0.4, -0.2) is 64.5 Å². The van der Waals surface area contributed by atoms with Crippen molar-refractivity contribution in [3.05, 3.63) is 72.3 Å². The zero-order valence-electron chi connectivity index (χ0n) is 20.2. The molecule has 2 aromatic heterocycles. The van der Waals surface area contributed by atoms with Gasteiger partial charge in [0.2, 0.25) is 0 Å². The standard InChI is InChI=1S/C28H30N6O2/c1-2-5-20(6-3-1)19-36-22-8-10-24-23(18-22)27(33-32-24)28-30-25-9-7-21(17-26(25)31-28)29-11-4-12-34-13-15-35-16-14-34/h1-3,5-10,17-18,29H,4,11-16,19H2,(H,30,31)(H,32,33). The summed E-state index contributed by atoms with van der Waals surface area (Å²) >= 11 is 0. The summed E-state index contributed by atoms with van der Waals surface area (Å²) in [6, 6.07) is 22.4. The second-order valence-corrected chi connectivity index (χ2v) is 9.11. The summed E-state index contributed by atoms with van der Waals surface area (Å²) in [6.45, 7) is 6.30. The summed E-state index contributed by atoms with van der Waals surface area (Å²) in [5.41, 5.74) is 5.84. The van der Waals surface area contributed by atoms with Gasteiger partial charge in [-0.15, -0.1) is 0 Å². The van der Waals surface area contributed by atoms with E-state index in [4.69, 9.17) is 14.5 Å². The van der Waals surface area contributed by atoms with Gasteiger partial charge in [-0.3, -0.25) is 10.00 Å². The van der Waals surface area contributed by atoms with E-state index in [1.165, 1.54) is 0 Å². The molecule has 1 fully saturated rings. The lowest BCUT2D eigenvalue weighted by Crippen LogP contribution is -2.37. The van der Waals surface area contributed by atoms with Crippen molar-refractivity contribution in [3.8, 4) is 17.3 Å². The maximum atomic E-state index is 6.03. The molecule has 5 aromatic rings. The average Bonchev–Trinajstić information content (AvgIpc) is 3.54. The van der Waals surface area contributed by atoms with Crippen LogP contribution in [0.5, 0.6) is 5.75 Å². The quantitative estimate of drug-likeness (QED) is 0.261. The van der Waals surface area contributed by atoms with Gasteiger partial charge in [-0.1, -0.05) is 30.3 Å². The van der Waals surface area contributed by atoms with Gasteiger partial charge < -0.3 is 19.8 Å². The number of nitrogens with one attached hydrogen (secondary N) is 3. The normalized spacial score (nSPS) is 14.4. The van der Waals surface area contributed by atoms with Crippen LogP contribution in [0.2, 0.25) is 0 Å². The van der Waals surface area contributed by atoms with Crippen molar-refractivity contribution in [1.82, 2.24) is 25.1 Å². The van der Waals surface area contributed by atoms with Crippen LogP contribution >= 0.6 is 0 Å². The number of benzene rings is 3. The summed E-state index contributed by atoms with van der Waals surface area (Å²) < 4.78 is 11.5. The third-order valence-corrected chi connectivity index (χ3v) is 6.57.